The van der Waals surface area contributed by atoms with Crippen molar-refractivity contribution in [1.82, 2.24) is 14.8 Å². The van der Waals surface area contributed by atoms with E-state index < -0.39 is 0 Å². The predicted octanol–water partition coefficient (Wildman–Crippen LogP) is 2.64. The Labute approximate surface area is 105 Å². The Balaban J connectivity index is 2.60. The number of aromatic nitrogens is 3. The fourth-order valence-corrected chi connectivity index (χ4v) is 2.05. The zero-order valence-corrected chi connectivity index (χ0v) is 10.6. The zero-order chi connectivity index (χ0) is 12.4. The van der Waals surface area contributed by atoms with Crippen molar-refractivity contribution in [2.45, 2.75) is 26.4 Å². The summed E-state index contributed by atoms with van der Waals surface area (Å²) in [5, 5.41) is 8.96. The van der Waals surface area contributed by atoms with Crippen LogP contribution in [-0.2, 0) is 6.54 Å². The van der Waals surface area contributed by atoms with Crippen LogP contribution in [0.2, 0.25) is 5.02 Å². The lowest BCUT2D eigenvalue weighted by Crippen LogP contribution is -2.11. The zero-order valence-electron chi connectivity index (χ0n) is 9.89. The molecule has 2 N–H and O–H groups in total. The molecule has 1 aromatic heterocycles. The molecule has 0 saturated carbocycles. The maximum absolute atomic E-state index is 6.18. The average molecular weight is 251 g/mol. The Morgan fingerprint density at radius 2 is 2.00 bits per heavy atom. The number of hydrogen-bond acceptors (Lipinski definition) is 3. The molecule has 0 aliphatic carbocycles. The summed E-state index contributed by atoms with van der Waals surface area (Å²) in [6, 6.07) is 7.85. The van der Waals surface area contributed by atoms with Crippen LogP contribution in [0.4, 0.5) is 0 Å². The minimum Gasteiger partial charge on any atom is -0.324 e. The smallest absolute Gasteiger partial charge is 0.165 e. The normalized spacial score (nSPS) is 11.1. The molecule has 2 aromatic rings. The van der Waals surface area contributed by atoms with E-state index in [1.807, 2.05) is 28.8 Å². The monoisotopic (exact) mass is 250 g/mol. The highest BCUT2D eigenvalue weighted by Crippen LogP contribution is 2.28. The Hall–Kier alpha value is -1.39. The van der Waals surface area contributed by atoms with E-state index in [2.05, 4.69) is 24.0 Å². The molecule has 17 heavy (non-hydrogen) atoms. The molecule has 0 radical (unpaired) electrons. The van der Waals surface area contributed by atoms with Gasteiger partial charge in [-0.1, -0.05) is 23.7 Å². The second-order valence-corrected chi connectivity index (χ2v) is 4.49. The summed E-state index contributed by atoms with van der Waals surface area (Å²) < 4.78 is 2.02. The third kappa shape index (κ3) is 2.18. The highest BCUT2D eigenvalue weighted by molar-refractivity contribution is 6.33. The summed E-state index contributed by atoms with van der Waals surface area (Å²) in [5.74, 6) is 1.54. The minimum atomic E-state index is 0.245. The standard InChI is InChI=1S/C12H15ClN4/c1-8(2)17-11(7-14)15-16-12(17)9-5-3-4-6-10(9)13/h3-6,8H,7,14H2,1-2H3. The van der Waals surface area contributed by atoms with Gasteiger partial charge in [-0.3, -0.25) is 0 Å². The number of benzene rings is 1. The van der Waals surface area contributed by atoms with Crippen LogP contribution in [0, 0.1) is 0 Å². The van der Waals surface area contributed by atoms with Gasteiger partial charge in [0.15, 0.2) is 5.82 Å². The summed E-state index contributed by atoms with van der Waals surface area (Å²) in [6.07, 6.45) is 0. The summed E-state index contributed by atoms with van der Waals surface area (Å²) in [5.41, 5.74) is 6.55. The van der Waals surface area contributed by atoms with Gasteiger partial charge in [-0.25, -0.2) is 0 Å². The van der Waals surface area contributed by atoms with E-state index >= 15 is 0 Å². The van der Waals surface area contributed by atoms with Gasteiger partial charge in [-0.2, -0.15) is 0 Å². The van der Waals surface area contributed by atoms with Crippen LogP contribution >= 0.6 is 11.6 Å². The van der Waals surface area contributed by atoms with E-state index in [1.54, 1.807) is 0 Å². The molecule has 0 amide bonds. The van der Waals surface area contributed by atoms with Crippen molar-refractivity contribution in [2.24, 2.45) is 5.73 Å². The van der Waals surface area contributed by atoms with Crippen LogP contribution in [-0.4, -0.2) is 14.8 Å². The number of hydrogen-bond donors (Lipinski definition) is 1. The first kappa shape index (κ1) is 12.1. The van der Waals surface area contributed by atoms with Crippen molar-refractivity contribution in [3.05, 3.63) is 35.1 Å². The lowest BCUT2D eigenvalue weighted by molar-refractivity contribution is 0.574. The second kappa shape index (κ2) is 4.85. The van der Waals surface area contributed by atoms with E-state index in [0.717, 1.165) is 17.2 Å². The van der Waals surface area contributed by atoms with Gasteiger partial charge in [0.2, 0.25) is 0 Å². The SMILES string of the molecule is CC(C)n1c(CN)nnc1-c1ccccc1Cl. The Bertz CT molecular complexity index is 519. The van der Waals surface area contributed by atoms with Gasteiger partial charge < -0.3 is 10.3 Å². The molecule has 0 unspecified atom stereocenters. The van der Waals surface area contributed by atoms with Crippen molar-refractivity contribution in [1.29, 1.82) is 0 Å². The largest absolute Gasteiger partial charge is 0.324 e. The summed E-state index contributed by atoms with van der Waals surface area (Å²) in [4.78, 5) is 0. The third-order valence-corrected chi connectivity index (χ3v) is 2.91. The van der Waals surface area contributed by atoms with Gasteiger partial charge in [0.1, 0.15) is 5.82 Å². The van der Waals surface area contributed by atoms with Crippen molar-refractivity contribution in [3.8, 4) is 11.4 Å². The minimum absolute atomic E-state index is 0.245. The van der Waals surface area contributed by atoms with Gasteiger partial charge in [0.25, 0.3) is 0 Å². The van der Waals surface area contributed by atoms with Crippen LogP contribution in [0.5, 0.6) is 0 Å². The lowest BCUT2D eigenvalue weighted by Gasteiger charge is -2.13. The molecule has 0 bridgehead atoms. The number of nitrogens with zero attached hydrogens (tertiary/aromatic N) is 3. The van der Waals surface area contributed by atoms with Gasteiger partial charge in [-0.15, -0.1) is 10.2 Å². The number of halogens is 1. The number of rotatable bonds is 3. The quantitative estimate of drug-likeness (QED) is 0.911. The van der Waals surface area contributed by atoms with Gasteiger partial charge >= 0.3 is 0 Å². The van der Waals surface area contributed by atoms with E-state index in [1.165, 1.54) is 0 Å². The molecule has 0 aliphatic rings. The third-order valence-electron chi connectivity index (χ3n) is 2.58. The van der Waals surface area contributed by atoms with Crippen LogP contribution in [0.1, 0.15) is 25.7 Å². The first-order valence-electron chi connectivity index (χ1n) is 5.54. The maximum atomic E-state index is 6.18. The Morgan fingerprint density at radius 3 is 2.59 bits per heavy atom. The molecule has 1 heterocycles. The highest BCUT2D eigenvalue weighted by Gasteiger charge is 2.16. The van der Waals surface area contributed by atoms with Crippen molar-refractivity contribution in [3.63, 3.8) is 0 Å². The first-order valence-corrected chi connectivity index (χ1v) is 5.91. The van der Waals surface area contributed by atoms with Crippen LogP contribution in [0.3, 0.4) is 0 Å². The highest BCUT2D eigenvalue weighted by atomic mass is 35.5. The first-order chi connectivity index (χ1) is 8.15. The van der Waals surface area contributed by atoms with Crippen molar-refractivity contribution < 1.29 is 0 Å². The van der Waals surface area contributed by atoms with Crippen LogP contribution < -0.4 is 5.73 Å². The van der Waals surface area contributed by atoms with E-state index in [-0.39, 0.29) is 6.04 Å². The Kier molecular flexibility index (Phi) is 3.45. The average Bonchev–Trinajstić information content (AvgIpc) is 2.73. The summed E-state index contributed by atoms with van der Waals surface area (Å²) in [7, 11) is 0. The molecule has 1 aromatic carbocycles. The molecular weight excluding hydrogens is 236 g/mol. The van der Waals surface area contributed by atoms with E-state index in [9.17, 15) is 0 Å². The fraction of sp³-hybridized carbons (Fsp3) is 0.333. The summed E-state index contributed by atoms with van der Waals surface area (Å²) in [6.45, 7) is 4.52. The second-order valence-electron chi connectivity index (χ2n) is 4.09. The molecule has 0 atom stereocenters. The van der Waals surface area contributed by atoms with Crippen LogP contribution in [0.25, 0.3) is 11.4 Å². The van der Waals surface area contributed by atoms with Gasteiger partial charge in [0, 0.05) is 11.6 Å². The molecule has 4 nitrogen and oxygen atoms in total. The molecule has 0 fully saturated rings. The van der Waals surface area contributed by atoms with Crippen LogP contribution in [0.15, 0.2) is 24.3 Å². The molecule has 5 heteroatoms. The van der Waals surface area contributed by atoms with Gasteiger partial charge in [0.05, 0.1) is 11.6 Å². The lowest BCUT2D eigenvalue weighted by atomic mass is 10.2. The summed E-state index contributed by atoms with van der Waals surface area (Å²) >= 11 is 6.18. The number of nitrogens with two attached hydrogens (primary N) is 1. The van der Waals surface area contributed by atoms with Crippen molar-refractivity contribution >= 4 is 11.6 Å². The molecular formula is C12H15ClN4. The van der Waals surface area contributed by atoms with E-state index in [0.29, 0.717) is 11.6 Å². The predicted molar refractivity (Wildman–Crippen MR) is 68.7 cm³/mol. The van der Waals surface area contributed by atoms with Gasteiger partial charge in [-0.05, 0) is 26.0 Å². The van der Waals surface area contributed by atoms with E-state index in [4.69, 9.17) is 17.3 Å². The Morgan fingerprint density at radius 1 is 1.29 bits per heavy atom. The molecule has 0 spiro atoms. The fourth-order valence-electron chi connectivity index (χ4n) is 1.83. The molecule has 0 saturated heterocycles. The molecule has 2 rings (SSSR count). The topological polar surface area (TPSA) is 56.7 Å². The molecule has 0 aliphatic heterocycles. The van der Waals surface area contributed by atoms with Crippen molar-refractivity contribution in [2.75, 3.05) is 0 Å². The molecule has 90 valence electrons. The maximum Gasteiger partial charge on any atom is 0.165 e.